The van der Waals surface area contributed by atoms with Gasteiger partial charge in [0.05, 0.1) is 0 Å². The normalized spacial score (nSPS) is 27.5. The van der Waals surface area contributed by atoms with Crippen LogP contribution in [0, 0.1) is 0 Å². The van der Waals surface area contributed by atoms with Gasteiger partial charge in [-0.1, -0.05) is 22.0 Å². The molecule has 0 aliphatic carbocycles. The Labute approximate surface area is 144 Å². The summed E-state index contributed by atoms with van der Waals surface area (Å²) in [6.07, 6.45) is -4.35. The van der Waals surface area contributed by atoms with Crippen molar-refractivity contribution < 1.29 is 27.5 Å². The van der Waals surface area contributed by atoms with Gasteiger partial charge < -0.3 is 14.5 Å². The number of carbonyl (C=O) groups is 2. The quantitative estimate of drug-likeness (QED) is 0.572. The highest BCUT2D eigenvalue weighted by Gasteiger charge is 2.52. The van der Waals surface area contributed by atoms with E-state index in [-0.39, 0.29) is 17.6 Å². The van der Waals surface area contributed by atoms with Gasteiger partial charge in [-0.3, -0.25) is 9.59 Å². The molecule has 0 aromatic heterocycles. The number of likely N-dealkylation sites (tertiary alicyclic amines) is 1. The lowest BCUT2D eigenvalue weighted by Gasteiger charge is -2.45. The highest BCUT2D eigenvalue weighted by atomic mass is 79.9. The molecule has 9 heteroatoms. The summed E-state index contributed by atoms with van der Waals surface area (Å²) < 4.78 is 40.2. The number of nitrogens with zero attached hydrogens (tertiary/aromatic N) is 2. The third-order valence-electron chi connectivity index (χ3n) is 4.09. The fraction of sp³-hybridized carbons (Fsp3) is 0.467. The van der Waals surface area contributed by atoms with Crippen molar-refractivity contribution in [1.82, 2.24) is 4.90 Å². The van der Waals surface area contributed by atoms with E-state index in [1.807, 2.05) is 0 Å². The van der Waals surface area contributed by atoms with Gasteiger partial charge in [0.25, 0.3) is 0 Å². The first kappa shape index (κ1) is 17.1. The zero-order chi connectivity index (χ0) is 17.7. The monoisotopic (exact) mass is 406 g/mol. The minimum atomic E-state index is -4.79. The van der Waals surface area contributed by atoms with Crippen LogP contribution < -0.4 is 9.64 Å². The van der Waals surface area contributed by atoms with Gasteiger partial charge in [-0.15, -0.1) is 13.2 Å². The average Bonchev–Trinajstić information content (AvgIpc) is 2.84. The summed E-state index contributed by atoms with van der Waals surface area (Å²) in [6, 6.07) is 4.69. The summed E-state index contributed by atoms with van der Waals surface area (Å²) in [7, 11) is 0. The van der Waals surface area contributed by atoms with Crippen molar-refractivity contribution in [3.05, 3.63) is 24.3 Å². The lowest BCUT2D eigenvalue weighted by molar-refractivity contribution is -0.274. The Bertz CT molecular complexity index is 693. The Balaban J connectivity index is 1.74. The molecule has 3 rings (SSSR count). The number of hydrogen-bond donors (Lipinski definition) is 0. The van der Waals surface area contributed by atoms with Gasteiger partial charge in [0.15, 0.2) is 0 Å². The van der Waals surface area contributed by atoms with E-state index >= 15 is 0 Å². The van der Waals surface area contributed by atoms with Gasteiger partial charge >= 0.3 is 6.36 Å². The minimum absolute atomic E-state index is 0.156. The molecule has 2 saturated heterocycles. The van der Waals surface area contributed by atoms with Crippen molar-refractivity contribution in [3.63, 3.8) is 0 Å². The summed E-state index contributed by atoms with van der Waals surface area (Å²) in [4.78, 5) is 27.5. The molecule has 2 atom stereocenters. The van der Waals surface area contributed by atoms with Crippen molar-refractivity contribution >= 4 is 33.4 Å². The van der Waals surface area contributed by atoms with E-state index in [1.54, 1.807) is 6.92 Å². The van der Waals surface area contributed by atoms with Crippen LogP contribution in [-0.4, -0.2) is 46.5 Å². The second kappa shape index (κ2) is 5.65. The van der Waals surface area contributed by atoms with Crippen LogP contribution in [0.4, 0.5) is 18.9 Å². The zero-order valence-corrected chi connectivity index (χ0v) is 14.2. The molecule has 130 valence electrons. The third kappa shape index (κ3) is 3.09. The summed E-state index contributed by atoms with van der Waals surface area (Å²) >= 11 is 3.30. The fourth-order valence-electron chi connectivity index (χ4n) is 2.98. The molecule has 2 aliphatic heterocycles. The van der Waals surface area contributed by atoms with Crippen LogP contribution in [0.5, 0.6) is 5.75 Å². The van der Waals surface area contributed by atoms with E-state index in [1.165, 1.54) is 34.1 Å². The summed E-state index contributed by atoms with van der Waals surface area (Å²) in [6.45, 7) is 2.50. The van der Waals surface area contributed by atoms with Crippen LogP contribution in [0.25, 0.3) is 0 Å². The van der Waals surface area contributed by atoms with Crippen molar-refractivity contribution in [2.75, 3.05) is 18.0 Å². The molecule has 24 heavy (non-hydrogen) atoms. The van der Waals surface area contributed by atoms with Crippen LogP contribution in [0.1, 0.15) is 13.3 Å². The molecule has 2 amide bonds. The van der Waals surface area contributed by atoms with Crippen LogP contribution >= 0.6 is 15.9 Å². The maximum absolute atomic E-state index is 12.5. The van der Waals surface area contributed by atoms with Crippen molar-refractivity contribution in [3.8, 4) is 5.75 Å². The second-order valence-corrected chi connectivity index (χ2v) is 7.72. The predicted molar refractivity (Wildman–Crippen MR) is 82.9 cm³/mol. The SMILES string of the molecule is CC1(Br)CN(C2CCN(c3cccc(OC(F)(F)F)c3)C2=O)C1=O. The first-order chi connectivity index (χ1) is 11.1. The van der Waals surface area contributed by atoms with Crippen LogP contribution in [0.15, 0.2) is 24.3 Å². The summed E-state index contributed by atoms with van der Waals surface area (Å²) in [5.74, 6) is -0.836. The second-order valence-electron chi connectivity index (χ2n) is 5.97. The Morgan fingerprint density at radius 3 is 2.62 bits per heavy atom. The largest absolute Gasteiger partial charge is 0.573 e. The molecular formula is C15H14BrF3N2O3. The molecule has 2 unspecified atom stereocenters. The van der Waals surface area contributed by atoms with Crippen molar-refractivity contribution in [2.24, 2.45) is 0 Å². The Morgan fingerprint density at radius 1 is 1.33 bits per heavy atom. The molecule has 0 N–H and O–H groups in total. The number of anilines is 1. The zero-order valence-electron chi connectivity index (χ0n) is 12.6. The molecule has 0 radical (unpaired) electrons. The van der Waals surface area contributed by atoms with Gasteiger partial charge in [0.1, 0.15) is 16.1 Å². The molecule has 0 spiro atoms. The highest BCUT2D eigenvalue weighted by Crippen LogP contribution is 2.37. The maximum Gasteiger partial charge on any atom is 0.573 e. The molecule has 1 aromatic carbocycles. The lowest BCUT2D eigenvalue weighted by Crippen LogP contribution is -2.66. The molecular weight excluding hydrogens is 393 g/mol. The molecule has 5 nitrogen and oxygen atoms in total. The minimum Gasteiger partial charge on any atom is -0.406 e. The smallest absolute Gasteiger partial charge is 0.406 e. The van der Waals surface area contributed by atoms with Gasteiger partial charge in [-0.05, 0) is 25.5 Å². The summed E-state index contributed by atoms with van der Waals surface area (Å²) in [5.41, 5.74) is 0.318. The van der Waals surface area contributed by atoms with E-state index in [0.29, 0.717) is 25.2 Å². The van der Waals surface area contributed by atoms with Gasteiger partial charge in [-0.2, -0.15) is 0 Å². The number of halogens is 4. The van der Waals surface area contributed by atoms with E-state index in [9.17, 15) is 22.8 Å². The average molecular weight is 407 g/mol. The van der Waals surface area contributed by atoms with E-state index in [4.69, 9.17) is 0 Å². The molecule has 0 saturated carbocycles. The van der Waals surface area contributed by atoms with Crippen LogP contribution in [0.2, 0.25) is 0 Å². The van der Waals surface area contributed by atoms with Gasteiger partial charge in [0, 0.05) is 24.8 Å². The lowest BCUT2D eigenvalue weighted by atomic mass is 9.97. The number of ether oxygens (including phenoxy) is 1. The van der Waals surface area contributed by atoms with Crippen molar-refractivity contribution in [2.45, 2.75) is 30.1 Å². The van der Waals surface area contributed by atoms with E-state index in [0.717, 1.165) is 0 Å². The number of benzene rings is 1. The number of amides is 2. The predicted octanol–water partition coefficient (Wildman–Crippen LogP) is 2.69. The first-order valence-corrected chi connectivity index (χ1v) is 8.05. The van der Waals surface area contributed by atoms with Crippen LogP contribution in [0.3, 0.4) is 0 Å². The standard InChI is InChI=1S/C15H14BrF3N2O3/c1-14(16)8-21(13(14)23)11-5-6-20(12(11)22)9-3-2-4-10(7-9)24-15(17,18)19/h2-4,7,11H,5-6,8H2,1H3. The third-order valence-corrected chi connectivity index (χ3v) is 4.68. The maximum atomic E-state index is 12.5. The molecule has 1 aromatic rings. The number of alkyl halides is 4. The molecule has 2 heterocycles. The highest BCUT2D eigenvalue weighted by molar-refractivity contribution is 9.10. The van der Waals surface area contributed by atoms with Crippen molar-refractivity contribution in [1.29, 1.82) is 0 Å². The van der Waals surface area contributed by atoms with Gasteiger partial charge in [-0.25, -0.2) is 0 Å². The van der Waals surface area contributed by atoms with Gasteiger partial charge in [0.2, 0.25) is 11.8 Å². The Kier molecular flexibility index (Phi) is 4.01. The number of β-lactam (4-membered cyclic amide) rings is 1. The fourth-order valence-corrected chi connectivity index (χ4v) is 3.48. The van der Waals surface area contributed by atoms with E-state index < -0.39 is 16.7 Å². The molecule has 0 bridgehead atoms. The molecule has 2 aliphatic rings. The molecule has 2 fully saturated rings. The van der Waals surface area contributed by atoms with Crippen LogP contribution in [-0.2, 0) is 9.59 Å². The summed E-state index contributed by atoms with van der Waals surface area (Å²) in [5, 5.41) is 0. The first-order valence-electron chi connectivity index (χ1n) is 7.26. The van der Waals surface area contributed by atoms with E-state index in [2.05, 4.69) is 20.7 Å². The Hall–Kier alpha value is -1.77. The number of hydrogen-bond acceptors (Lipinski definition) is 3. The Morgan fingerprint density at radius 2 is 2.04 bits per heavy atom. The number of carbonyl (C=O) groups excluding carboxylic acids is 2. The topological polar surface area (TPSA) is 49.9 Å². The number of rotatable bonds is 3.